The Labute approximate surface area is 214 Å². The Morgan fingerprint density at radius 3 is 2.41 bits per heavy atom. The Kier molecular flexibility index (Phi) is 7.47. The molecule has 0 saturated carbocycles. The lowest BCUT2D eigenvalue weighted by molar-refractivity contribution is -0.143. The van der Waals surface area contributed by atoms with Crippen LogP contribution in [0.5, 0.6) is 0 Å². The molecule has 0 radical (unpaired) electrons. The second-order valence-electron chi connectivity index (χ2n) is 9.80. The maximum Gasteiger partial charge on any atom is 0.247 e. The van der Waals surface area contributed by atoms with Crippen molar-refractivity contribution in [1.82, 2.24) is 30.4 Å². The van der Waals surface area contributed by atoms with Gasteiger partial charge >= 0.3 is 0 Å². The summed E-state index contributed by atoms with van der Waals surface area (Å²) in [6.45, 7) is 7.39. The summed E-state index contributed by atoms with van der Waals surface area (Å²) in [4.78, 5) is 29.9. The molecule has 2 aromatic carbocycles. The van der Waals surface area contributed by atoms with Crippen molar-refractivity contribution in [2.24, 2.45) is 0 Å². The molecule has 4 aromatic rings. The lowest BCUT2D eigenvalue weighted by Crippen LogP contribution is -2.49. The van der Waals surface area contributed by atoms with Crippen LogP contribution in [0.4, 0.5) is 4.39 Å². The quantitative estimate of drug-likeness (QED) is 0.388. The Bertz CT molecular complexity index is 1340. The van der Waals surface area contributed by atoms with Crippen molar-refractivity contribution in [3.63, 3.8) is 0 Å². The van der Waals surface area contributed by atoms with E-state index in [9.17, 15) is 14.0 Å². The molecule has 0 bridgehead atoms. The molecule has 0 aliphatic carbocycles. The van der Waals surface area contributed by atoms with Gasteiger partial charge < -0.3 is 14.6 Å². The van der Waals surface area contributed by atoms with Crippen LogP contribution in [0, 0.1) is 12.7 Å². The van der Waals surface area contributed by atoms with Crippen LogP contribution in [-0.4, -0.2) is 42.5 Å². The predicted molar refractivity (Wildman–Crippen MR) is 134 cm³/mol. The Morgan fingerprint density at radius 1 is 1.08 bits per heavy atom. The molecule has 0 aliphatic rings. The third kappa shape index (κ3) is 6.66. The Hall–Kier alpha value is -4.34. The number of aromatic nitrogens is 4. The van der Waals surface area contributed by atoms with Gasteiger partial charge in [0.25, 0.3) is 0 Å². The zero-order valence-electron chi connectivity index (χ0n) is 21.2. The summed E-state index contributed by atoms with van der Waals surface area (Å²) >= 11 is 0. The molecule has 0 unspecified atom stereocenters. The van der Waals surface area contributed by atoms with E-state index >= 15 is 0 Å². The van der Waals surface area contributed by atoms with E-state index in [0.29, 0.717) is 16.9 Å². The first-order valence-corrected chi connectivity index (χ1v) is 11.8. The van der Waals surface area contributed by atoms with Gasteiger partial charge in [-0.25, -0.2) is 4.39 Å². The van der Waals surface area contributed by atoms with Gasteiger partial charge in [-0.3, -0.25) is 9.59 Å². The average Bonchev–Trinajstić information content (AvgIpc) is 3.51. The molecule has 4 rings (SSSR count). The van der Waals surface area contributed by atoms with Gasteiger partial charge in [0.2, 0.25) is 17.6 Å². The van der Waals surface area contributed by atoms with Gasteiger partial charge in [-0.2, -0.15) is 4.80 Å². The van der Waals surface area contributed by atoms with Crippen molar-refractivity contribution in [3.8, 4) is 11.4 Å². The number of tetrazole rings is 1. The van der Waals surface area contributed by atoms with E-state index < -0.39 is 17.5 Å². The van der Waals surface area contributed by atoms with E-state index in [4.69, 9.17) is 4.42 Å². The molecule has 0 spiro atoms. The smallest absolute Gasteiger partial charge is 0.247 e. The lowest BCUT2D eigenvalue weighted by Gasteiger charge is -2.33. The fourth-order valence-electron chi connectivity index (χ4n) is 3.79. The number of carbonyl (C=O) groups is 2. The zero-order valence-corrected chi connectivity index (χ0v) is 21.2. The maximum atomic E-state index is 13.7. The fourth-order valence-corrected chi connectivity index (χ4v) is 3.79. The summed E-state index contributed by atoms with van der Waals surface area (Å²) in [5.41, 5.74) is 1.74. The van der Waals surface area contributed by atoms with Crippen molar-refractivity contribution >= 4 is 11.8 Å². The number of nitrogens with one attached hydrogen (secondary N) is 1. The zero-order chi connectivity index (χ0) is 26.6. The van der Waals surface area contributed by atoms with Gasteiger partial charge in [-0.15, -0.1) is 10.2 Å². The Morgan fingerprint density at radius 2 is 1.78 bits per heavy atom. The molecular weight excluding hydrogens is 475 g/mol. The lowest BCUT2D eigenvalue weighted by atomic mass is 10.00. The molecule has 2 aromatic heterocycles. The molecule has 0 saturated heterocycles. The van der Waals surface area contributed by atoms with Crippen molar-refractivity contribution in [1.29, 1.82) is 0 Å². The number of furan rings is 1. The highest BCUT2D eigenvalue weighted by Crippen LogP contribution is 2.26. The number of aryl methyl sites for hydroxylation is 1. The number of rotatable bonds is 8. The minimum absolute atomic E-state index is 0.0570. The van der Waals surface area contributed by atoms with Crippen molar-refractivity contribution < 1.29 is 18.4 Å². The first kappa shape index (κ1) is 25.7. The highest BCUT2D eigenvalue weighted by Gasteiger charge is 2.34. The molecule has 1 N–H and O–H groups in total. The predicted octanol–water partition coefficient (Wildman–Crippen LogP) is 4.07. The molecule has 37 heavy (non-hydrogen) atoms. The first-order chi connectivity index (χ1) is 17.6. The second kappa shape index (κ2) is 10.7. The minimum atomic E-state index is -0.933. The number of nitrogens with zero attached hydrogens (tertiary/aromatic N) is 5. The summed E-state index contributed by atoms with van der Waals surface area (Å²) in [7, 11) is 0. The third-order valence-corrected chi connectivity index (χ3v) is 5.51. The summed E-state index contributed by atoms with van der Waals surface area (Å²) in [6, 6.07) is 15.7. The molecule has 2 heterocycles. The van der Waals surface area contributed by atoms with Crippen LogP contribution >= 0.6 is 0 Å². The number of hydrogen-bond acceptors (Lipinski definition) is 6. The van der Waals surface area contributed by atoms with Crippen LogP contribution in [0.1, 0.15) is 43.7 Å². The van der Waals surface area contributed by atoms with Crippen molar-refractivity contribution in [2.75, 3.05) is 0 Å². The molecule has 0 fully saturated rings. The number of carbonyl (C=O) groups excluding carboxylic acids is 2. The largest absolute Gasteiger partial charge is 0.467 e. The highest BCUT2D eigenvalue weighted by atomic mass is 19.1. The molecule has 10 heteroatoms. The monoisotopic (exact) mass is 504 g/mol. The van der Waals surface area contributed by atoms with Crippen LogP contribution in [-0.2, 0) is 22.7 Å². The SMILES string of the molecule is Cc1ccc([C@H](C(=O)NC(C)(C)C)N(Cc2ccco2)C(=O)Cn2nnc(-c3ccc(F)cc3)n2)cc1. The average molecular weight is 505 g/mol. The highest BCUT2D eigenvalue weighted by molar-refractivity contribution is 5.89. The van der Waals surface area contributed by atoms with Gasteiger partial charge in [-0.05, 0) is 74.9 Å². The maximum absolute atomic E-state index is 13.7. The number of amides is 2. The van der Waals surface area contributed by atoms with Crippen LogP contribution in [0.2, 0.25) is 0 Å². The van der Waals surface area contributed by atoms with Crippen LogP contribution < -0.4 is 5.32 Å². The summed E-state index contributed by atoms with van der Waals surface area (Å²) < 4.78 is 18.8. The van der Waals surface area contributed by atoms with E-state index in [1.54, 1.807) is 12.1 Å². The van der Waals surface area contributed by atoms with Gasteiger partial charge in [0.05, 0.1) is 12.8 Å². The van der Waals surface area contributed by atoms with Crippen molar-refractivity contribution in [2.45, 2.75) is 52.4 Å². The standard InChI is InChI=1S/C27H29FN6O3/c1-18-7-9-19(10-8-18)24(26(36)29-27(2,3)4)33(16-22-6-5-15-37-22)23(35)17-34-31-25(30-32-34)20-11-13-21(28)14-12-20/h5-15,24H,16-17H2,1-4H3,(H,29,36)/t24-/m1/s1. The molecule has 0 aliphatic heterocycles. The molecule has 9 nitrogen and oxygen atoms in total. The molecular formula is C27H29FN6O3. The van der Waals surface area contributed by atoms with Crippen LogP contribution in [0.15, 0.2) is 71.3 Å². The van der Waals surface area contributed by atoms with Crippen LogP contribution in [0.25, 0.3) is 11.4 Å². The van der Waals surface area contributed by atoms with Gasteiger partial charge in [0.15, 0.2) is 0 Å². The summed E-state index contributed by atoms with van der Waals surface area (Å²) in [5, 5.41) is 15.3. The summed E-state index contributed by atoms with van der Waals surface area (Å²) in [5.74, 6) is -0.335. The number of halogens is 1. The molecule has 2 amide bonds. The first-order valence-electron chi connectivity index (χ1n) is 11.8. The van der Waals surface area contributed by atoms with Crippen molar-refractivity contribution in [3.05, 3.63) is 89.6 Å². The fraction of sp³-hybridized carbons (Fsp3) is 0.296. The second-order valence-corrected chi connectivity index (χ2v) is 9.80. The van der Waals surface area contributed by atoms with Gasteiger partial charge in [0.1, 0.15) is 24.2 Å². The Balaban J connectivity index is 1.66. The van der Waals surface area contributed by atoms with Gasteiger partial charge in [-0.1, -0.05) is 29.8 Å². The molecule has 192 valence electrons. The van der Waals surface area contributed by atoms with E-state index in [0.717, 1.165) is 10.4 Å². The number of benzene rings is 2. The third-order valence-electron chi connectivity index (χ3n) is 5.51. The minimum Gasteiger partial charge on any atom is -0.467 e. The number of hydrogen-bond donors (Lipinski definition) is 1. The normalized spacial score (nSPS) is 12.2. The van der Waals surface area contributed by atoms with Crippen LogP contribution in [0.3, 0.4) is 0 Å². The van der Waals surface area contributed by atoms with E-state index in [2.05, 4.69) is 20.7 Å². The summed E-state index contributed by atoms with van der Waals surface area (Å²) in [6.07, 6.45) is 1.52. The molecule has 1 atom stereocenters. The van der Waals surface area contributed by atoms with E-state index in [1.807, 2.05) is 52.0 Å². The van der Waals surface area contributed by atoms with E-state index in [1.165, 1.54) is 35.4 Å². The van der Waals surface area contributed by atoms with E-state index in [-0.39, 0.29) is 30.6 Å². The topological polar surface area (TPSA) is 106 Å². The van der Waals surface area contributed by atoms with Gasteiger partial charge in [0, 0.05) is 11.1 Å².